The van der Waals surface area contributed by atoms with Gasteiger partial charge in [0.2, 0.25) is 0 Å². The molecule has 1 unspecified atom stereocenters. The maximum absolute atomic E-state index is 11.2. The molecule has 6 nitrogen and oxygen atoms in total. The van der Waals surface area contributed by atoms with Crippen molar-refractivity contribution in [1.82, 2.24) is 9.78 Å². The second-order valence-electron chi connectivity index (χ2n) is 3.51. The topological polar surface area (TPSA) is 96.2 Å². The molecule has 0 amide bonds. The van der Waals surface area contributed by atoms with Gasteiger partial charge in [-0.15, -0.1) is 0 Å². The van der Waals surface area contributed by atoms with E-state index < -0.39 is 0 Å². The van der Waals surface area contributed by atoms with Gasteiger partial charge in [-0.1, -0.05) is 0 Å². The Balaban J connectivity index is 2.67. The van der Waals surface area contributed by atoms with Crippen LogP contribution in [0.4, 0.5) is 5.69 Å². The Hall–Kier alpha value is -1.40. The molecule has 0 bridgehead atoms. The fourth-order valence-electron chi connectivity index (χ4n) is 1.11. The van der Waals surface area contributed by atoms with E-state index in [0.29, 0.717) is 18.9 Å². The van der Waals surface area contributed by atoms with Gasteiger partial charge >= 0.3 is 0 Å². The first-order chi connectivity index (χ1) is 7.00. The molecule has 6 heteroatoms. The summed E-state index contributed by atoms with van der Waals surface area (Å²) >= 11 is 0. The molecule has 0 saturated heterocycles. The summed E-state index contributed by atoms with van der Waals surface area (Å²) in [6, 6.07) is 1.50. The molecule has 0 aliphatic heterocycles. The first-order valence-corrected chi connectivity index (χ1v) is 4.66. The molecule has 0 fully saturated rings. The number of nitrogen functional groups attached to an aromatic ring is 1. The van der Waals surface area contributed by atoms with Crippen molar-refractivity contribution in [1.29, 1.82) is 0 Å². The van der Waals surface area contributed by atoms with Gasteiger partial charge in [-0.05, 0) is 13.0 Å². The van der Waals surface area contributed by atoms with Crippen molar-refractivity contribution in [3.63, 3.8) is 0 Å². The molecule has 1 aromatic rings. The third-order valence-corrected chi connectivity index (χ3v) is 1.77. The maximum atomic E-state index is 11.2. The van der Waals surface area contributed by atoms with Crippen molar-refractivity contribution >= 4 is 5.69 Å². The summed E-state index contributed by atoms with van der Waals surface area (Å²) in [7, 11) is 1.55. The number of nitrogens with zero attached hydrogens (tertiary/aromatic N) is 2. The van der Waals surface area contributed by atoms with Crippen molar-refractivity contribution in [2.45, 2.75) is 19.6 Å². The van der Waals surface area contributed by atoms with E-state index in [4.69, 9.17) is 16.2 Å². The summed E-state index contributed by atoms with van der Waals surface area (Å²) in [6.45, 7) is 2.60. The summed E-state index contributed by atoms with van der Waals surface area (Å²) in [5.41, 5.74) is 11.5. The lowest BCUT2D eigenvalue weighted by Crippen LogP contribution is -2.25. The first kappa shape index (κ1) is 11.7. The third kappa shape index (κ3) is 3.34. The minimum atomic E-state index is -0.300. The molecule has 15 heavy (non-hydrogen) atoms. The standard InChI is InChI=1S/C9H16N4O2/c1-6(10)4-15-5-7-3-8(11)9(14)13(2)12-7/h3,6H,4-5,10-11H2,1-2H3. The van der Waals surface area contributed by atoms with Crippen LogP contribution in [-0.2, 0) is 18.4 Å². The number of nitrogens with two attached hydrogens (primary N) is 2. The zero-order chi connectivity index (χ0) is 11.4. The largest absolute Gasteiger partial charge is 0.394 e. The second-order valence-corrected chi connectivity index (χ2v) is 3.51. The van der Waals surface area contributed by atoms with Gasteiger partial charge in [0.05, 0.1) is 18.9 Å². The SMILES string of the molecule is CC(N)COCc1cc(N)c(=O)n(C)n1. The van der Waals surface area contributed by atoms with E-state index in [1.54, 1.807) is 7.05 Å². The monoisotopic (exact) mass is 212 g/mol. The quantitative estimate of drug-likeness (QED) is 0.683. The van der Waals surface area contributed by atoms with Crippen LogP contribution >= 0.6 is 0 Å². The van der Waals surface area contributed by atoms with E-state index in [0.717, 1.165) is 0 Å². The average molecular weight is 212 g/mol. The number of ether oxygens (including phenoxy) is 1. The fraction of sp³-hybridized carbons (Fsp3) is 0.556. The van der Waals surface area contributed by atoms with E-state index in [1.807, 2.05) is 6.92 Å². The normalized spacial score (nSPS) is 12.7. The Labute approximate surface area is 87.8 Å². The average Bonchev–Trinajstić information content (AvgIpc) is 2.13. The number of anilines is 1. The summed E-state index contributed by atoms with van der Waals surface area (Å²) in [5.74, 6) is 0. The Morgan fingerprint density at radius 2 is 2.33 bits per heavy atom. The number of hydrogen-bond donors (Lipinski definition) is 2. The van der Waals surface area contributed by atoms with Crippen molar-refractivity contribution in [2.24, 2.45) is 12.8 Å². The van der Waals surface area contributed by atoms with Crippen LogP contribution in [-0.4, -0.2) is 22.4 Å². The predicted octanol–water partition coefficient (Wildman–Crippen LogP) is -0.774. The van der Waals surface area contributed by atoms with Gasteiger partial charge in [0.15, 0.2) is 0 Å². The number of aryl methyl sites for hydroxylation is 1. The first-order valence-electron chi connectivity index (χ1n) is 4.66. The molecule has 0 spiro atoms. The smallest absolute Gasteiger partial charge is 0.289 e. The van der Waals surface area contributed by atoms with Crippen LogP contribution in [0.1, 0.15) is 12.6 Å². The van der Waals surface area contributed by atoms with Gasteiger partial charge in [0, 0.05) is 13.1 Å². The Bertz CT molecular complexity index is 360. The van der Waals surface area contributed by atoms with Crippen LogP contribution < -0.4 is 17.0 Å². The summed E-state index contributed by atoms with van der Waals surface area (Å²) in [5, 5.41) is 3.99. The van der Waals surface area contributed by atoms with Crippen LogP contribution in [0.5, 0.6) is 0 Å². The van der Waals surface area contributed by atoms with Gasteiger partial charge < -0.3 is 16.2 Å². The van der Waals surface area contributed by atoms with Gasteiger partial charge in [-0.25, -0.2) is 4.68 Å². The van der Waals surface area contributed by atoms with Crippen molar-refractivity contribution in [3.05, 3.63) is 22.1 Å². The van der Waals surface area contributed by atoms with Gasteiger partial charge in [-0.2, -0.15) is 5.10 Å². The van der Waals surface area contributed by atoms with Crippen molar-refractivity contribution < 1.29 is 4.74 Å². The molecule has 0 aliphatic rings. The fourth-order valence-corrected chi connectivity index (χ4v) is 1.11. The molecule has 1 rings (SSSR count). The molecular formula is C9H16N4O2. The summed E-state index contributed by atoms with van der Waals surface area (Å²) in [6.07, 6.45) is 0. The molecule has 1 heterocycles. The lowest BCUT2D eigenvalue weighted by Gasteiger charge is -2.07. The van der Waals surface area contributed by atoms with Gasteiger partial charge in [0.1, 0.15) is 5.69 Å². The Morgan fingerprint density at radius 1 is 1.67 bits per heavy atom. The Kier molecular flexibility index (Phi) is 3.81. The number of hydrogen-bond acceptors (Lipinski definition) is 5. The van der Waals surface area contributed by atoms with E-state index in [-0.39, 0.29) is 17.3 Å². The number of aromatic nitrogens is 2. The van der Waals surface area contributed by atoms with E-state index in [9.17, 15) is 4.79 Å². The van der Waals surface area contributed by atoms with Crippen LogP contribution in [0.25, 0.3) is 0 Å². The molecule has 1 aromatic heterocycles. The van der Waals surface area contributed by atoms with Crippen molar-refractivity contribution in [2.75, 3.05) is 12.3 Å². The second kappa shape index (κ2) is 4.90. The highest BCUT2D eigenvalue weighted by Gasteiger charge is 2.03. The molecule has 0 radical (unpaired) electrons. The van der Waals surface area contributed by atoms with Crippen molar-refractivity contribution in [3.8, 4) is 0 Å². The highest BCUT2D eigenvalue weighted by molar-refractivity contribution is 5.34. The van der Waals surface area contributed by atoms with Gasteiger partial charge in [0.25, 0.3) is 5.56 Å². The number of rotatable bonds is 4. The molecule has 0 aromatic carbocycles. The van der Waals surface area contributed by atoms with E-state index in [1.165, 1.54) is 10.7 Å². The highest BCUT2D eigenvalue weighted by atomic mass is 16.5. The summed E-state index contributed by atoms with van der Waals surface area (Å²) in [4.78, 5) is 11.2. The lowest BCUT2D eigenvalue weighted by atomic mass is 10.3. The van der Waals surface area contributed by atoms with Crippen LogP contribution in [0, 0.1) is 0 Å². The van der Waals surface area contributed by atoms with E-state index in [2.05, 4.69) is 5.10 Å². The zero-order valence-electron chi connectivity index (χ0n) is 8.93. The maximum Gasteiger partial charge on any atom is 0.289 e. The molecule has 4 N–H and O–H groups in total. The van der Waals surface area contributed by atoms with Crippen LogP contribution in [0.15, 0.2) is 10.9 Å². The van der Waals surface area contributed by atoms with Crippen LogP contribution in [0.2, 0.25) is 0 Å². The molecule has 0 saturated carbocycles. The molecule has 0 aliphatic carbocycles. The van der Waals surface area contributed by atoms with Crippen LogP contribution in [0.3, 0.4) is 0 Å². The molecule has 1 atom stereocenters. The Morgan fingerprint density at radius 3 is 2.87 bits per heavy atom. The highest BCUT2D eigenvalue weighted by Crippen LogP contribution is 1.99. The predicted molar refractivity (Wildman–Crippen MR) is 57.2 cm³/mol. The minimum Gasteiger partial charge on any atom is -0.394 e. The summed E-state index contributed by atoms with van der Waals surface area (Å²) < 4.78 is 6.47. The third-order valence-electron chi connectivity index (χ3n) is 1.77. The van der Waals surface area contributed by atoms with Gasteiger partial charge in [-0.3, -0.25) is 4.79 Å². The molecule has 84 valence electrons. The zero-order valence-corrected chi connectivity index (χ0v) is 8.93. The lowest BCUT2D eigenvalue weighted by molar-refractivity contribution is 0.108. The van der Waals surface area contributed by atoms with E-state index >= 15 is 0 Å². The minimum absolute atomic E-state index is 0.0186. The molecular weight excluding hydrogens is 196 g/mol.